The van der Waals surface area contributed by atoms with E-state index in [2.05, 4.69) is 5.32 Å². The van der Waals surface area contributed by atoms with Crippen molar-refractivity contribution in [3.05, 3.63) is 40.2 Å². The molecule has 2 aromatic rings. The van der Waals surface area contributed by atoms with Gasteiger partial charge in [0.05, 0.1) is 6.61 Å². The van der Waals surface area contributed by atoms with E-state index in [1.165, 1.54) is 0 Å². The van der Waals surface area contributed by atoms with Crippen molar-refractivity contribution < 1.29 is 29.6 Å². The lowest BCUT2D eigenvalue weighted by atomic mass is 9.97. The Hall–Kier alpha value is -1.97. The summed E-state index contributed by atoms with van der Waals surface area (Å²) in [5.41, 5.74) is 0.871. The molecule has 8 nitrogen and oxygen atoms in total. The Kier molecular flexibility index (Phi) is 4.57. The zero-order chi connectivity index (χ0) is 17.4. The molecule has 5 N–H and O–H groups in total. The van der Waals surface area contributed by atoms with Crippen LogP contribution in [-0.2, 0) is 4.74 Å². The minimum Gasteiger partial charge on any atom is -0.422 e. The quantitative estimate of drug-likeness (QED) is 0.465. The first-order valence-electron chi connectivity index (χ1n) is 7.52. The first-order chi connectivity index (χ1) is 11.4. The molecule has 1 aliphatic heterocycles. The zero-order valence-corrected chi connectivity index (χ0v) is 12.9. The topological polar surface area (TPSA) is 132 Å². The number of aliphatic hydroxyl groups excluding tert-OH is 4. The molecule has 0 radical (unpaired) electrons. The normalized spacial score (nSPS) is 30.5. The molecule has 1 aliphatic rings. The van der Waals surface area contributed by atoms with Gasteiger partial charge in [-0.2, -0.15) is 0 Å². The maximum absolute atomic E-state index is 11.6. The molecule has 24 heavy (non-hydrogen) atoms. The third-order valence-corrected chi connectivity index (χ3v) is 4.14. The molecule has 1 aromatic carbocycles. The summed E-state index contributed by atoms with van der Waals surface area (Å²) in [6.07, 6.45) is -5.20. The second-order valence-corrected chi connectivity index (χ2v) is 5.87. The van der Waals surface area contributed by atoms with Gasteiger partial charge >= 0.3 is 5.63 Å². The fraction of sp³-hybridized carbons (Fsp3) is 0.438. The van der Waals surface area contributed by atoms with Crippen molar-refractivity contribution in [2.24, 2.45) is 0 Å². The van der Waals surface area contributed by atoms with E-state index in [1.807, 2.05) is 0 Å². The SMILES string of the molecule is Cc1cc2ccc(NC3C(O)OC(CO)[C@H](O)[C@H]3O)cc2oc1=O. The van der Waals surface area contributed by atoms with E-state index in [9.17, 15) is 20.1 Å². The van der Waals surface area contributed by atoms with Gasteiger partial charge in [0.25, 0.3) is 0 Å². The van der Waals surface area contributed by atoms with E-state index in [0.29, 0.717) is 16.8 Å². The molecule has 0 bridgehead atoms. The van der Waals surface area contributed by atoms with Gasteiger partial charge in [0.1, 0.15) is 29.9 Å². The molecule has 1 saturated heterocycles. The van der Waals surface area contributed by atoms with Crippen LogP contribution in [0, 0.1) is 6.92 Å². The van der Waals surface area contributed by atoms with E-state index in [-0.39, 0.29) is 0 Å². The molecule has 130 valence electrons. The fourth-order valence-corrected chi connectivity index (χ4v) is 2.75. The van der Waals surface area contributed by atoms with Crippen LogP contribution in [0.2, 0.25) is 0 Å². The van der Waals surface area contributed by atoms with Gasteiger partial charge in [-0.25, -0.2) is 4.79 Å². The summed E-state index contributed by atoms with van der Waals surface area (Å²) in [7, 11) is 0. The lowest BCUT2D eigenvalue weighted by Crippen LogP contribution is -2.61. The molecule has 8 heteroatoms. The van der Waals surface area contributed by atoms with E-state index in [4.69, 9.17) is 14.3 Å². The number of anilines is 1. The molecule has 3 unspecified atom stereocenters. The standard InChI is InChI=1S/C16H19NO7/c1-7-4-8-2-3-9(5-10(8)23-15(7)21)17-12-14(20)13(19)11(6-18)24-16(12)22/h2-5,11-14,16-20,22H,6H2,1H3/t11?,12?,13-,14-,16?/m0/s1. The van der Waals surface area contributed by atoms with Crippen LogP contribution in [0.1, 0.15) is 5.56 Å². The van der Waals surface area contributed by atoms with Gasteiger partial charge in [0.15, 0.2) is 6.29 Å². The molecular weight excluding hydrogens is 318 g/mol. The Morgan fingerprint density at radius 3 is 2.62 bits per heavy atom. The number of aryl methyl sites for hydroxylation is 1. The van der Waals surface area contributed by atoms with E-state index >= 15 is 0 Å². The maximum atomic E-state index is 11.6. The highest BCUT2D eigenvalue weighted by Crippen LogP contribution is 2.25. The molecule has 1 fully saturated rings. The van der Waals surface area contributed by atoms with Gasteiger partial charge in [-0.1, -0.05) is 0 Å². The van der Waals surface area contributed by atoms with Crippen molar-refractivity contribution in [1.82, 2.24) is 0 Å². The van der Waals surface area contributed by atoms with E-state index in [0.717, 1.165) is 5.39 Å². The summed E-state index contributed by atoms with van der Waals surface area (Å²) in [5, 5.41) is 42.7. The minimum atomic E-state index is -1.43. The van der Waals surface area contributed by atoms with Crippen molar-refractivity contribution in [2.45, 2.75) is 37.6 Å². The molecule has 3 rings (SSSR count). The minimum absolute atomic E-state index is 0.352. The largest absolute Gasteiger partial charge is 0.422 e. The first kappa shape index (κ1) is 16.9. The summed E-state index contributed by atoms with van der Waals surface area (Å²) in [4.78, 5) is 11.6. The van der Waals surface area contributed by atoms with Gasteiger partial charge in [0, 0.05) is 22.7 Å². The molecule has 0 spiro atoms. The monoisotopic (exact) mass is 337 g/mol. The Morgan fingerprint density at radius 2 is 1.92 bits per heavy atom. The molecule has 0 amide bonds. The Labute approximate surface area is 136 Å². The third-order valence-electron chi connectivity index (χ3n) is 4.14. The molecule has 0 saturated carbocycles. The molecule has 2 heterocycles. The van der Waals surface area contributed by atoms with Crippen LogP contribution < -0.4 is 10.9 Å². The lowest BCUT2D eigenvalue weighted by molar-refractivity contribution is -0.245. The van der Waals surface area contributed by atoms with Crippen LogP contribution in [0.3, 0.4) is 0 Å². The molecular formula is C16H19NO7. The fourth-order valence-electron chi connectivity index (χ4n) is 2.75. The molecule has 1 aromatic heterocycles. The summed E-state index contributed by atoms with van der Waals surface area (Å²) >= 11 is 0. The second-order valence-electron chi connectivity index (χ2n) is 5.87. The highest BCUT2D eigenvalue weighted by atomic mass is 16.6. The Balaban J connectivity index is 1.86. The van der Waals surface area contributed by atoms with Crippen LogP contribution in [0.4, 0.5) is 5.69 Å². The van der Waals surface area contributed by atoms with Gasteiger partial charge in [0.2, 0.25) is 0 Å². The number of hydrogen-bond acceptors (Lipinski definition) is 8. The average Bonchev–Trinajstić information content (AvgIpc) is 2.56. The van der Waals surface area contributed by atoms with Crippen molar-refractivity contribution >= 4 is 16.7 Å². The second kappa shape index (κ2) is 6.50. The number of nitrogens with one attached hydrogen (secondary N) is 1. The van der Waals surface area contributed by atoms with Crippen molar-refractivity contribution in [3.63, 3.8) is 0 Å². The van der Waals surface area contributed by atoms with Crippen LogP contribution >= 0.6 is 0 Å². The van der Waals surface area contributed by atoms with Gasteiger partial charge in [-0.3, -0.25) is 0 Å². The van der Waals surface area contributed by atoms with Gasteiger partial charge in [-0.15, -0.1) is 0 Å². The first-order valence-corrected chi connectivity index (χ1v) is 7.52. The van der Waals surface area contributed by atoms with E-state index < -0.39 is 42.9 Å². The van der Waals surface area contributed by atoms with Crippen LogP contribution in [0.25, 0.3) is 11.0 Å². The predicted octanol–water partition coefficient (Wildman–Crippen LogP) is -0.687. The van der Waals surface area contributed by atoms with Crippen LogP contribution in [0.15, 0.2) is 33.5 Å². The highest BCUT2D eigenvalue weighted by Gasteiger charge is 2.43. The van der Waals surface area contributed by atoms with Crippen LogP contribution in [-0.4, -0.2) is 57.7 Å². The smallest absolute Gasteiger partial charge is 0.339 e. The summed E-state index contributed by atoms with van der Waals surface area (Å²) in [5.74, 6) is 0. The number of fused-ring (bicyclic) bond motifs is 1. The molecule has 0 aliphatic carbocycles. The number of ether oxygens (including phenoxy) is 1. The van der Waals surface area contributed by atoms with E-state index in [1.54, 1.807) is 31.2 Å². The van der Waals surface area contributed by atoms with Crippen molar-refractivity contribution in [2.75, 3.05) is 11.9 Å². The Bertz CT molecular complexity index is 790. The predicted molar refractivity (Wildman–Crippen MR) is 84.6 cm³/mol. The number of rotatable bonds is 3. The van der Waals surface area contributed by atoms with Gasteiger partial charge in [-0.05, 0) is 25.1 Å². The third kappa shape index (κ3) is 3.02. The maximum Gasteiger partial charge on any atom is 0.339 e. The lowest BCUT2D eigenvalue weighted by Gasteiger charge is -2.40. The highest BCUT2D eigenvalue weighted by molar-refractivity contribution is 5.80. The van der Waals surface area contributed by atoms with Crippen molar-refractivity contribution in [3.8, 4) is 0 Å². The number of aliphatic hydroxyl groups is 4. The zero-order valence-electron chi connectivity index (χ0n) is 12.9. The van der Waals surface area contributed by atoms with Gasteiger partial charge < -0.3 is 34.9 Å². The van der Waals surface area contributed by atoms with Crippen LogP contribution in [0.5, 0.6) is 0 Å². The number of hydrogen-bond donors (Lipinski definition) is 5. The number of benzene rings is 1. The summed E-state index contributed by atoms with van der Waals surface area (Å²) in [6.45, 7) is 1.13. The van der Waals surface area contributed by atoms with Crippen molar-refractivity contribution in [1.29, 1.82) is 0 Å². The summed E-state index contributed by atoms with van der Waals surface area (Å²) < 4.78 is 10.3. The summed E-state index contributed by atoms with van der Waals surface area (Å²) in [6, 6.07) is 5.65. The Morgan fingerprint density at radius 1 is 1.17 bits per heavy atom. The average molecular weight is 337 g/mol. The molecule has 5 atom stereocenters.